The third-order valence-electron chi connectivity index (χ3n) is 4.78. The van der Waals surface area contributed by atoms with Crippen LogP contribution in [0, 0.1) is 0 Å². The summed E-state index contributed by atoms with van der Waals surface area (Å²) < 4.78 is 11.6. The molecule has 0 aliphatic carbocycles. The molecule has 0 saturated heterocycles. The summed E-state index contributed by atoms with van der Waals surface area (Å²) in [6.07, 6.45) is 7.21. The molecule has 2 aromatic rings. The van der Waals surface area contributed by atoms with Gasteiger partial charge < -0.3 is 19.3 Å². The van der Waals surface area contributed by atoms with Crippen LogP contribution in [0.5, 0.6) is 11.5 Å². The first-order chi connectivity index (χ1) is 13.6. The van der Waals surface area contributed by atoms with Crippen LogP contribution in [-0.4, -0.2) is 41.4 Å². The van der Waals surface area contributed by atoms with Crippen LogP contribution in [0.4, 0.5) is 11.4 Å². The van der Waals surface area contributed by atoms with Gasteiger partial charge in [-0.2, -0.15) is 0 Å². The fourth-order valence-electron chi connectivity index (χ4n) is 2.97. The van der Waals surface area contributed by atoms with Gasteiger partial charge in [-0.05, 0) is 61.4 Å². The van der Waals surface area contributed by atoms with Crippen molar-refractivity contribution in [1.82, 2.24) is 0 Å². The highest BCUT2D eigenvalue weighted by Gasteiger charge is 1.99. The quantitative estimate of drug-likeness (QED) is 0.369. The lowest BCUT2D eigenvalue weighted by atomic mass is 10.1. The van der Waals surface area contributed by atoms with Crippen molar-refractivity contribution in [3.8, 4) is 11.5 Å². The second-order valence-electron chi connectivity index (χ2n) is 7.59. The van der Waals surface area contributed by atoms with Crippen molar-refractivity contribution >= 4 is 23.8 Å². The van der Waals surface area contributed by atoms with Crippen LogP contribution in [-0.2, 0) is 0 Å². The van der Waals surface area contributed by atoms with Crippen molar-refractivity contribution in [2.75, 3.05) is 51.2 Å². The highest BCUT2D eigenvalue weighted by atomic mass is 35.5. The van der Waals surface area contributed by atoms with Crippen LogP contribution in [0.1, 0.15) is 38.5 Å². The van der Waals surface area contributed by atoms with Gasteiger partial charge in [0, 0.05) is 39.6 Å². The standard InChI is InChI=1S/C24H36N2O2.ClH/c1-25(2)21-11-15-23(16-12-21)27-19-9-7-5-6-8-10-20-28-24-17-13-22(14-18-24)26(3)4;/h11-18H,5-10,19-20H2,1-4H3;1H. The zero-order chi connectivity index (χ0) is 20.2. The molecule has 0 bridgehead atoms. The highest BCUT2D eigenvalue weighted by molar-refractivity contribution is 5.85. The van der Waals surface area contributed by atoms with Crippen LogP contribution in [0.25, 0.3) is 0 Å². The summed E-state index contributed by atoms with van der Waals surface area (Å²) in [4.78, 5) is 4.19. The molecule has 162 valence electrons. The van der Waals surface area contributed by atoms with Gasteiger partial charge >= 0.3 is 0 Å². The van der Waals surface area contributed by atoms with Gasteiger partial charge in [0.1, 0.15) is 11.5 Å². The Balaban J connectivity index is 0.00000420. The topological polar surface area (TPSA) is 24.9 Å². The summed E-state index contributed by atoms with van der Waals surface area (Å²) in [5, 5.41) is 0. The van der Waals surface area contributed by atoms with E-state index in [9.17, 15) is 0 Å². The molecule has 0 spiro atoms. The summed E-state index contributed by atoms with van der Waals surface area (Å²) >= 11 is 0. The van der Waals surface area contributed by atoms with Crippen molar-refractivity contribution in [3.63, 3.8) is 0 Å². The Morgan fingerprint density at radius 3 is 1.14 bits per heavy atom. The molecule has 0 aromatic heterocycles. The third-order valence-corrected chi connectivity index (χ3v) is 4.78. The highest BCUT2D eigenvalue weighted by Crippen LogP contribution is 2.19. The van der Waals surface area contributed by atoms with Gasteiger partial charge in [0.05, 0.1) is 13.2 Å². The summed E-state index contributed by atoms with van der Waals surface area (Å²) in [5.74, 6) is 1.92. The smallest absolute Gasteiger partial charge is 0.119 e. The summed E-state index contributed by atoms with van der Waals surface area (Å²) in [7, 11) is 8.18. The monoisotopic (exact) mass is 420 g/mol. The summed E-state index contributed by atoms with van der Waals surface area (Å²) in [6, 6.07) is 16.5. The molecule has 2 aromatic carbocycles. The number of halogens is 1. The molecule has 29 heavy (non-hydrogen) atoms. The Labute approximate surface area is 183 Å². The van der Waals surface area contributed by atoms with E-state index in [2.05, 4.69) is 34.1 Å². The number of rotatable bonds is 13. The lowest BCUT2D eigenvalue weighted by molar-refractivity contribution is 0.297. The van der Waals surface area contributed by atoms with Gasteiger partial charge in [0.2, 0.25) is 0 Å². The van der Waals surface area contributed by atoms with E-state index in [-0.39, 0.29) is 12.4 Å². The number of hydrogen-bond acceptors (Lipinski definition) is 4. The third kappa shape index (κ3) is 9.80. The molecule has 0 radical (unpaired) electrons. The van der Waals surface area contributed by atoms with Gasteiger partial charge in [-0.25, -0.2) is 0 Å². The minimum absolute atomic E-state index is 0. The van der Waals surface area contributed by atoms with E-state index in [1.165, 1.54) is 37.1 Å². The second-order valence-corrected chi connectivity index (χ2v) is 7.59. The maximum absolute atomic E-state index is 5.82. The van der Waals surface area contributed by atoms with E-state index in [1.807, 2.05) is 52.5 Å². The number of anilines is 2. The molecule has 0 saturated carbocycles. The zero-order valence-electron chi connectivity index (χ0n) is 18.4. The molecule has 4 nitrogen and oxygen atoms in total. The largest absolute Gasteiger partial charge is 0.494 e. The van der Waals surface area contributed by atoms with Crippen LogP contribution in [0.15, 0.2) is 48.5 Å². The number of ether oxygens (including phenoxy) is 2. The first kappa shape index (κ1) is 25.0. The minimum atomic E-state index is 0. The maximum Gasteiger partial charge on any atom is 0.119 e. The molecule has 5 heteroatoms. The fraction of sp³-hybridized carbons (Fsp3) is 0.500. The molecule has 0 amide bonds. The van der Waals surface area contributed by atoms with Crippen molar-refractivity contribution in [3.05, 3.63) is 48.5 Å². The predicted octanol–water partition coefficient (Wildman–Crippen LogP) is 6.04. The average Bonchev–Trinajstić information content (AvgIpc) is 2.70. The predicted molar refractivity (Wildman–Crippen MR) is 127 cm³/mol. The molecule has 0 aliphatic rings. The van der Waals surface area contributed by atoms with Gasteiger partial charge in [-0.15, -0.1) is 12.4 Å². The number of unbranched alkanes of at least 4 members (excludes halogenated alkanes) is 5. The van der Waals surface area contributed by atoms with Gasteiger partial charge in [-0.1, -0.05) is 25.7 Å². The second kappa shape index (κ2) is 14.0. The van der Waals surface area contributed by atoms with Crippen LogP contribution in [0.3, 0.4) is 0 Å². The summed E-state index contributed by atoms with van der Waals surface area (Å²) in [5.41, 5.74) is 2.39. The van der Waals surface area contributed by atoms with Crippen molar-refractivity contribution in [2.24, 2.45) is 0 Å². The normalized spacial score (nSPS) is 10.2. The first-order valence-electron chi connectivity index (χ1n) is 10.4. The molecule has 2 rings (SSSR count). The van der Waals surface area contributed by atoms with E-state index in [0.717, 1.165) is 37.6 Å². The van der Waals surface area contributed by atoms with Crippen LogP contribution >= 0.6 is 12.4 Å². The number of hydrogen-bond donors (Lipinski definition) is 0. The lowest BCUT2D eigenvalue weighted by Crippen LogP contribution is -2.08. The molecule has 0 heterocycles. The first-order valence-corrected chi connectivity index (χ1v) is 10.4. The van der Waals surface area contributed by atoms with Gasteiger partial charge in [0.15, 0.2) is 0 Å². The molecule has 0 N–H and O–H groups in total. The van der Waals surface area contributed by atoms with Crippen LogP contribution in [0.2, 0.25) is 0 Å². The number of nitrogens with zero attached hydrogens (tertiary/aromatic N) is 2. The van der Waals surface area contributed by atoms with E-state index in [0.29, 0.717) is 0 Å². The Hall–Kier alpha value is -2.07. The SMILES string of the molecule is CN(C)c1ccc(OCCCCCCCCOc2ccc(N(C)C)cc2)cc1.Cl. The molecular formula is C24H37ClN2O2. The Morgan fingerprint density at radius 1 is 0.517 bits per heavy atom. The zero-order valence-corrected chi connectivity index (χ0v) is 19.2. The van der Waals surface area contributed by atoms with E-state index >= 15 is 0 Å². The van der Waals surface area contributed by atoms with E-state index in [4.69, 9.17) is 9.47 Å². The Morgan fingerprint density at radius 2 is 0.828 bits per heavy atom. The van der Waals surface area contributed by atoms with Gasteiger partial charge in [-0.3, -0.25) is 0 Å². The van der Waals surface area contributed by atoms with Crippen LogP contribution < -0.4 is 19.3 Å². The van der Waals surface area contributed by atoms with Crippen molar-refractivity contribution in [1.29, 1.82) is 0 Å². The fourth-order valence-corrected chi connectivity index (χ4v) is 2.97. The van der Waals surface area contributed by atoms with Gasteiger partial charge in [0.25, 0.3) is 0 Å². The molecular weight excluding hydrogens is 384 g/mol. The maximum atomic E-state index is 5.82. The lowest BCUT2D eigenvalue weighted by Gasteiger charge is -2.13. The Kier molecular flexibility index (Phi) is 12.1. The molecule has 0 fully saturated rings. The van der Waals surface area contributed by atoms with Crippen molar-refractivity contribution < 1.29 is 9.47 Å². The number of benzene rings is 2. The summed E-state index contributed by atoms with van der Waals surface area (Å²) in [6.45, 7) is 1.60. The molecule has 0 aliphatic heterocycles. The Bertz CT molecular complexity index is 598. The minimum Gasteiger partial charge on any atom is -0.494 e. The molecule has 0 atom stereocenters. The van der Waals surface area contributed by atoms with E-state index < -0.39 is 0 Å². The van der Waals surface area contributed by atoms with Crippen molar-refractivity contribution in [2.45, 2.75) is 38.5 Å². The average molecular weight is 421 g/mol. The van der Waals surface area contributed by atoms with E-state index in [1.54, 1.807) is 0 Å². The molecule has 0 unspecified atom stereocenters.